The van der Waals surface area contributed by atoms with Crippen molar-refractivity contribution >= 4 is 11.4 Å². The largest absolute Gasteiger partial charge is 0.381 e. The van der Waals surface area contributed by atoms with Gasteiger partial charge in [-0.15, -0.1) is 0 Å². The van der Waals surface area contributed by atoms with Gasteiger partial charge in [0.2, 0.25) is 0 Å². The van der Waals surface area contributed by atoms with Crippen LogP contribution < -0.4 is 5.32 Å². The molecule has 0 radical (unpaired) electrons. The standard InChI is InChI=1S/C14H10FN3O2/c15-12-5-11(6-14(7-12)18(19)20)9-17-13-3-1-10(8-16)2-4-13/h1-7,17H,9H2. The van der Waals surface area contributed by atoms with Crippen LogP contribution in [-0.2, 0) is 6.54 Å². The molecule has 0 aliphatic heterocycles. The number of nitro benzene ring substituents is 1. The summed E-state index contributed by atoms with van der Waals surface area (Å²) in [6, 6.07) is 12.2. The van der Waals surface area contributed by atoms with Gasteiger partial charge in [-0.05, 0) is 35.9 Å². The van der Waals surface area contributed by atoms with E-state index in [1.807, 2.05) is 6.07 Å². The quantitative estimate of drug-likeness (QED) is 0.684. The second-order valence-electron chi connectivity index (χ2n) is 4.12. The van der Waals surface area contributed by atoms with Crippen molar-refractivity contribution in [1.29, 1.82) is 5.26 Å². The predicted octanol–water partition coefficient (Wildman–Crippen LogP) is 3.22. The molecular formula is C14H10FN3O2. The van der Waals surface area contributed by atoms with Crippen LogP contribution in [0.5, 0.6) is 0 Å². The number of nitrogens with one attached hydrogen (secondary N) is 1. The fraction of sp³-hybridized carbons (Fsp3) is 0.0714. The monoisotopic (exact) mass is 271 g/mol. The maximum atomic E-state index is 13.2. The zero-order valence-electron chi connectivity index (χ0n) is 10.3. The van der Waals surface area contributed by atoms with Crippen molar-refractivity contribution in [2.75, 3.05) is 5.32 Å². The van der Waals surface area contributed by atoms with Crippen LogP contribution in [0.1, 0.15) is 11.1 Å². The van der Waals surface area contributed by atoms with Crippen LogP contribution in [0.4, 0.5) is 15.8 Å². The van der Waals surface area contributed by atoms with Gasteiger partial charge in [-0.2, -0.15) is 5.26 Å². The molecular weight excluding hydrogens is 261 g/mol. The molecule has 1 N–H and O–H groups in total. The third kappa shape index (κ3) is 3.29. The van der Waals surface area contributed by atoms with Crippen LogP contribution in [0.2, 0.25) is 0 Å². The number of anilines is 1. The highest BCUT2D eigenvalue weighted by Crippen LogP contribution is 2.17. The molecule has 0 aliphatic rings. The summed E-state index contributed by atoms with van der Waals surface area (Å²) in [5.74, 6) is -0.643. The number of non-ortho nitro benzene ring substituents is 1. The number of nitrogens with zero attached hydrogens (tertiary/aromatic N) is 2. The molecule has 6 heteroatoms. The third-order valence-corrected chi connectivity index (χ3v) is 2.66. The van der Waals surface area contributed by atoms with E-state index in [2.05, 4.69) is 5.32 Å². The summed E-state index contributed by atoms with van der Waals surface area (Å²) in [4.78, 5) is 10.0. The molecule has 0 heterocycles. The molecule has 0 fully saturated rings. The van der Waals surface area contributed by atoms with Gasteiger partial charge in [-0.25, -0.2) is 4.39 Å². The number of nitro groups is 1. The fourth-order valence-electron chi connectivity index (χ4n) is 1.71. The van der Waals surface area contributed by atoms with Crippen molar-refractivity contribution in [3.63, 3.8) is 0 Å². The number of halogens is 1. The van der Waals surface area contributed by atoms with Crippen LogP contribution in [0, 0.1) is 27.3 Å². The predicted molar refractivity (Wildman–Crippen MR) is 71.5 cm³/mol. The van der Waals surface area contributed by atoms with Crippen molar-refractivity contribution < 1.29 is 9.31 Å². The average molecular weight is 271 g/mol. The molecule has 0 amide bonds. The first-order valence-corrected chi connectivity index (χ1v) is 5.76. The van der Waals surface area contributed by atoms with Gasteiger partial charge in [0.25, 0.3) is 5.69 Å². The normalized spacial score (nSPS) is 9.80. The Labute approximate surface area is 114 Å². The Kier molecular flexibility index (Phi) is 3.91. The minimum atomic E-state index is -0.643. The lowest BCUT2D eigenvalue weighted by atomic mass is 10.2. The minimum absolute atomic E-state index is 0.254. The number of benzene rings is 2. The van der Waals surface area contributed by atoms with Gasteiger partial charge in [0, 0.05) is 18.3 Å². The van der Waals surface area contributed by atoms with E-state index in [0.717, 1.165) is 11.8 Å². The molecule has 0 saturated heterocycles. The topological polar surface area (TPSA) is 79.0 Å². The molecule has 2 aromatic carbocycles. The summed E-state index contributed by atoms with van der Waals surface area (Å²) in [5.41, 5.74) is 1.48. The van der Waals surface area contributed by atoms with Crippen molar-refractivity contribution in [3.8, 4) is 6.07 Å². The molecule has 0 spiro atoms. The summed E-state index contributed by atoms with van der Waals surface area (Å²) in [6.07, 6.45) is 0. The summed E-state index contributed by atoms with van der Waals surface area (Å²) in [6.45, 7) is 0.254. The van der Waals surface area contributed by atoms with Crippen LogP contribution in [0.15, 0.2) is 42.5 Å². The Morgan fingerprint density at radius 1 is 1.25 bits per heavy atom. The van der Waals surface area contributed by atoms with Crippen molar-refractivity contribution in [2.24, 2.45) is 0 Å². The van der Waals surface area contributed by atoms with Gasteiger partial charge < -0.3 is 5.32 Å². The highest BCUT2D eigenvalue weighted by atomic mass is 19.1. The first-order chi connectivity index (χ1) is 9.58. The highest BCUT2D eigenvalue weighted by Gasteiger charge is 2.09. The number of nitriles is 1. The Bertz CT molecular complexity index is 678. The first-order valence-electron chi connectivity index (χ1n) is 5.76. The Balaban J connectivity index is 2.10. The van der Waals surface area contributed by atoms with Crippen molar-refractivity contribution in [2.45, 2.75) is 6.54 Å². The van der Waals surface area contributed by atoms with Gasteiger partial charge in [0.1, 0.15) is 5.82 Å². The van der Waals surface area contributed by atoms with E-state index in [0.29, 0.717) is 11.1 Å². The summed E-state index contributed by atoms with van der Waals surface area (Å²) in [7, 11) is 0. The maximum absolute atomic E-state index is 13.2. The number of hydrogen-bond acceptors (Lipinski definition) is 4. The van der Waals surface area contributed by atoms with Gasteiger partial charge in [-0.3, -0.25) is 10.1 Å². The van der Waals surface area contributed by atoms with Crippen LogP contribution in [0.3, 0.4) is 0 Å². The maximum Gasteiger partial charge on any atom is 0.272 e. The number of hydrogen-bond donors (Lipinski definition) is 1. The Morgan fingerprint density at radius 3 is 2.55 bits per heavy atom. The van der Waals surface area contributed by atoms with E-state index >= 15 is 0 Å². The van der Waals surface area contributed by atoms with Crippen LogP contribution >= 0.6 is 0 Å². The molecule has 0 saturated carbocycles. The number of rotatable bonds is 4. The van der Waals surface area contributed by atoms with Crippen LogP contribution in [0.25, 0.3) is 0 Å². The van der Waals surface area contributed by atoms with E-state index in [1.165, 1.54) is 12.1 Å². The van der Waals surface area contributed by atoms with Crippen molar-refractivity contribution in [1.82, 2.24) is 0 Å². The lowest BCUT2D eigenvalue weighted by molar-refractivity contribution is -0.385. The van der Waals surface area contributed by atoms with Crippen molar-refractivity contribution in [3.05, 3.63) is 69.5 Å². The van der Waals surface area contributed by atoms with E-state index in [4.69, 9.17) is 5.26 Å². The zero-order valence-corrected chi connectivity index (χ0v) is 10.3. The SMILES string of the molecule is N#Cc1ccc(NCc2cc(F)cc([N+](=O)[O-])c2)cc1. The molecule has 100 valence electrons. The summed E-state index contributed by atoms with van der Waals surface area (Å²) in [5, 5.41) is 22.3. The molecule has 0 aliphatic carbocycles. The fourth-order valence-corrected chi connectivity index (χ4v) is 1.71. The Morgan fingerprint density at radius 2 is 1.95 bits per heavy atom. The van der Waals surface area contributed by atoms with Gasteiger partial charge in [0.15, 0.2) is 0 Å². The highest BCUT2D eigenvalue weighted by molar-refractivity contribution is 5.48. The Hall–Kier alpha value is -2.94. The van der Waals surface area contributed by atoms with Gasteiger partial charge in [0.05, 0.1) is 22.6 Å². The third-order valence-electron chi connectivity index (χ3n) is 2.66. The van der Waals surface area contributed by atoms with Crippen LogP contribution in [-0.4, -0.2) is 4.92 Å². The van der Waals surface area contributed by atoms with Gasteiger partial charge >= 0.3 is 0 Å². The molecule has 2 aromatic rings. The lowest BCUT2D eigenvalue weighted by Crippen LogP contribution is -2.01. The molecule has 0 aromatic heterocycles. The van der Waals surface area contributed by atoms with E-state index in [-0.39, 0.29) is 12.2 Å². The molecule has 2 rings (SSSR count). The molecule has 5 nitrogen and oxygen atoms in total. The lowest BCUT2D eigenvalue weighted by Gasteiger charge is -2.06. The van der Waals surface area contributed by atoms with E-state index in [1.54, 1.807) is 24.3 Å². The molecule has 0 atom stereocenters. The smallest absolute Gasteiger partial charge is 0.272 e. The average Bonchev–Trinajstić information content (AvgIpc) is 2.45. The molecule has 0 bridgehead atoms. The van der Waals surface area contributed by atoms with E-state index in [9.17, 15) is 14.5 Å². The molecule has 20 heavy (non-hydrogen) atoms. The first kappa shape index (κ1) is 13.5. The minimum Gasteiger partial charge on any atom is -0.381 e. The van der Waals surface area contributed by atoms with E-state index < -0.39 is 10.7 Å². The summed E-state index contributed by atoms with van der Waals surface area (Å²) < 4.78 is 13.2. The summed E-state index contributed by atoms with van der Waals surface area (Å²) >= 11 is 0. The second kappa shape index (κ2) is 5.80. The van der Waals surface area contributed by atoms with Gasteiger partial charge in [-0.1, -0.05) is 0 Å². The zero-order chi connectivity index (χ0) is 14.5. The second-order valence-corrected chi connectivity index (χ2v) is 4.12. The molecule has 0 unspecified atom stereocenters.